The lowest BCUT2D eigenvalue weighted by atomic mass is 10.1. The minimum atomic E-state index is -0.249. The van der Waals surface area contributed by atoms with Crippen molar-refractivity contribution in [1.29, 1.82) is 0 Å². The molecule has 2 aromatic carbocycles. The summed E-state index contributed by atoms with van der Waals surface area (Å²) in [5, 5.41) is 3.38. The maximum atomic E-state index is 12.2. The van der Waals surface area contributed by atoms with E-state index in [0.717, 1.165) is 24.3 Å². The van der Waals surface area contributed by atoms with Gasteiger partial charge in [0.2, 0.25) is 5.91 Å². The maximum Gasteiger partial charge on any atom is 0.262 e. The summed E-state index contributed by atoms with van der Waals surface area (Å²) < 4.78 is 5.53. The number of piperazine rings is 1. The van der Waals surface area contributed by atoms with E-state index < -0.39 is 0 Å². The lowest BCUT2D eigenvalue weighted by Gasteiger charge is -2.37. The quantitative estimate of drug-likeness (QED) is 0.754. The molecule has 3 rings (SSSR count). The first kappa shape index (κ1) is 22.0. The van der Waals surface area contributed by atoms with E-state index in [0.29, 0.717) is 29.5 Å². The van der Waals surface area contributed by atoms with Crippen LogP contribution in [0.3, 0.4) is 0 Å². The van der Waals surface area contributed by atoms with Crippen molar-refractivity contribution in [3.63, 3.8) is 0 Å². The number of aryl methyl sites for hydroxylation is 1. The van der Waals surface area contributed by atoms with Crippen molar-refractivity contribution in [3.8, 4) is 5.75 Å². The van der Waals surface area contributed by atoms with Gasteiger partial charge in [0.25, 0.3) is 5.91 Å². The smallest absolute Gasteiger partial charge is 0.262 e. The van der Waals surface area contributed by atoms with Crippen molar-refractivity contribution < 1.29 is 14.3 Å². The standard InChI is InChI=1S/C23H28ClN3O3/c1-16(2)23(29)27-11-9-26(10-12-27)21-8-7-18(14-20(21)24)25-22(28)15-30-19-6-4-5-17(3)13-19/h4-8,13-14,16H,9-12,15H2,1-3H3,(H,25,28). The molecule has 0 unspecified atom stereocenters. The molecular weight excluding hydrogens is 402 g/mol. The van der Waals surface area contributed by atoms with Gasteiger partial charge in [0, 0.05) is 37.8 Å². The fourth-order valence-corrected chi connectivity index (χ4v) is 3.73. The molecule has 0 bridgehead atoms. The summed E-state index contributed by atoms with van der Waals surface area (Å²) in [7, 11) is 0. The van der Waals surface area contributed by atoms with Crippen LogP contribution in [0.1, 0.15) is 19.4 Å². The molecule has 1 fully saturated rings. The Kier molecular flexibility index (Phi) is 7.21. The first-order valence-electron chi connectivity index (χ1n) is 10.2. The van der Waals surface area contributed by atoms with Crippen LogP contribution < -0.4 is 15.0 Å². The van der Waals surface area contributed by atoms with E-state index >= 15 is 0 Å². The van der Waals surface area contributed by atoms with Crippen LogP contribution in [-0.2, 0) is 9.59 Å². The predicted molar refractivity (Wildman–Crippen MR) is 120 cm³/mol. The van der Waals surface area contributed by atoms with Crippen LogP contribution in [0, 0.1) is 12.8 Å². The van der Waals surface area contributed by atoms with Gasteiger partial charge in [0.05, 0.1) is 10.7 Å². The van der Waals surface area contributed by atoms with Gasteiger partial charge in [-0.1, -0.05) is 37.6 Å². The molecule has 30 heavy (non-hydrogen) atoms. The molecule has 7 heteroatoms. The van der Waals surface area contributed by atoms with Crippen molar-refractivity contribution in [2.24, 2.45) is 5.92 Å². The van der Waals surface area contributed by atoms with Gasteiger partial charge in [-0.25, -0.2) is 0 Å². The van der Waals surface area contributed by atoms with Gasteiger partial charge in [-0.3, -0.25) is 9.59 Å². The molecule has 1 N–H and O–H groups in total. The lowest BCUT2D eigenvalue weighted by molar-refractivity contribution is -0.134. The largest absolute Gasteiger partial charge is 0.484 e. The molecule has 0 radical (unpaired) electrons. The first-order valence-corrected chi connectivity index (χ1v) is 10.5. The molecule has 0 spiro atoms. The molecule has 1 heterocycles. The van der Waals surface area contributed by atoms with Gasteiger partial charge < -0.3 is 19.9 Å². The molecule has 2 amide bonds. The number of nitrogens with zero attached hydrogens (tertiary/aromatic N) is 2. The zero-order valence-electron chi connectivity index (χ0n) is 17.7. The average Bonchev–Trinajstić information content (AvgIpc) is 2.72. The third-order valence-electron chi connectivity index (χ3n) is 5.02. The molecule has 2 aromatic rings. The second kappa shape index (κ2) is 9.85. The highest BCUT2D eigenvalue weighted by Gasteiger charge is 2.24. The Morgan fingerprint density at radius 2 is 1.83 bits per heavy atom. The predicted octanol–water partition coefficient (Wildman–Crippen LogP) is 3.97. The number of carbonyl (C=O) groups is 2. The van der Waals surface area contributed by atoms with Crippen LogP contribution in [-0.4, -0.2) is 49.5 Å². The van der Waals surface area contributed by atoms with E-state index in [1.54, 1.807) is 6.07 Å². The second-order valence-electron chi connectivity index (χ2n) is 7.79. The number of amides is 2. The van der Waals surface area contributed by atoms with E-state index in [1.165, 1.54) is 0 Å². The number of benzene rings is 2. The van der Waals surface area contributed by atoms with Crippen LogP contribution in [0.15, 0.2) is 42.5 Å². The summed E-state index contributed by atoms with van der Waals surface area (Å²) in [6.07, 6.45) is 0. The molecule has 1 aliphatic heterocycles. The Hall–Kier alpha value is -2.73. The maximum absolute atomic E-state index is 12.2. The number of nitrogens with one attached hydrogen (secondary N) is 1. The van der Waals surface area contributed by atoms with Gasteiger partial charge in [-0.2, -0.15) is 0 Å². The summed E-state index contributed by atoms with van der Waals surface area (Å²) in [4.78, 5) is 28.4. The lowest BCUT2D eigenvalue weighted by Crippen LogP contribution is -2.50. The van der Waals surface area contributed by atoms with Crippen molar-refractivity contribution in [3.05, 3.63) is 53.1 Å². The fourth-order valence-electron chi connectivity index (χ4n) is 3.43. The topological polar surface area (TPSA) is 61.9 Å². The van der Waals surface area contributed by atoms with Gasteiger partial charge in [-0.15, -0.1) is 0 Å². The number of rotatable bonds is 6. The van der Waals surface area contributed by atoms with Crippen molar-refractivity contribution >= 4 is 34.8 Å². The summed E-state index contributed by atoms with van der Waals surface area (Å²) in [6.45, 7) is 8.56. The Morgan fingerprint density at radius 3 is 2.47 bits per heavy atom. The number of halogens is 1. The van der Waals surface area contributed by atoms with Crippen LogP contribution in [0.4, 0.5) is 11.4 Å². The Bertz CT molecular complexity index is 908. The molecule has 0 aromatic heterocycles. The minimum Gasteiger partial charge on any atom is -0.484 e. The molecule has 6 nitrogen and oxygen atoms in total. The van der Waals surface area contributed by atoms with Crippen molar-refractivity contribution in [1.82, 2.24) is 4.90 Å². The number of carbonyl (C=O) groups excluding carboxylic acids is 2. The molecule has 0 aliphatic carbocycles. The van der Waals surface area contributed by atoms with Crippen molar-refractivity contribution in [2.75, 3.05) is 43.0 Å². The Labute approximate surface area is 182 Å². The van der Waals surface area contributed by atoms with Crippen molar-refractivity contribution in [2.45, 2.75) is 20.8 Å². The highest BCUT2D eigenvalue weighted by Crippen LogP contribution is 2.30. The number of anilines is 2. The summed E-state index contributed by atoms with van der Waals surface area (Å²) in [5.74, 6) is 0.611. The average molecular weight is 430 g/mol. The fraction of sp³-hybridized carbons (Fsp3) is 0.391. The molecule has 1 saturated heterocycles. The minimum absolute atomic E-state index is 0.0120. The number of hydrogen-bond donors (Lipinski definition) is 1. The summed E-state index contributed by atoms with van der Waals surface area (Å²) in [5.41, 5.74) is 2.60. The summed E-state index contributed by atoms with van der Waals surface area (Å²) in [6, 6.07) is 13.0. The van der Waals surface area contributed by atoms with Gasteiger partial charge in [-0.05, 0) is 42.8 Å². The molecule has 0 saturated carbocycles. The molecule has 1 aliphatic rings. The monoisotopic (exact) mass is 429 g/mol. The Balaban J connectivity index is 1.54. The second-order valence-corrected chi connectivity index (χ2v) is 8.19. The normalized spacial score (nSPS) is 14.0. The molecular formula is C23H28ClN3O3. The highest BCUT2D eigenvalue weighted by atomic mass is 35.5. The zero-order valence-corrected chi connectivity index (χ0v) is 18.4. The van der Waals surface area contributed by atoms with E-state index in [-0.39, 0.29) is 24.3 Å². The number of ether oxygens (including phenoxy) is 1. The van der Waals surface area contributed by atoms with Crippen LogP contribution in [0.25, 0.3) is 0 Å². The van der Waals surface area contributed by atoms with E-state index in [9.17, 15) is 9.59 Å². The summed E-state index contributed by atoms with van der Waals surface area (Å²) >= 11 is 6.48. The van der Waals surface area contributed by atoms with E-state index in [4.69, 9.17) is 16.3 Å². The van der Waals surface area contributed by atoms with Gasteiger partial charge in [0.1, 0.15) is 5.75 Å². The van der Waals surface area contributed by atoms with Gasteiger partial charge >= 0.3 is 0 Å². The van der Waals surface area contributed by atoms with E-state index in [1.807, 2.05) is 62.1 Å². The van der Waals surface area contributed by atoms with E-state index in [2.05, 4.69) is 10.2 Å². The van der Waals surface area contributed by atoms with Gasteiger partial charge in [0.15, 0.2) is 6.61 Å². The first-order chi connectivity index (χ1) is 14.3. The molecule has 160 valence electrons. The Morgan fingerprint density at radius 1 is 1.10 bits per heavy atom. The molecule has 0 atom stereocenters. The zero-order chi connectivity index (χ0) is 21.7. The highest BCUT2D eigenvalue weighted by molar-refractivity contribution is 6.33. The third-order valence-corrected chi connectivity index (χ3v) is 5.32. The SMILES string of the molecule is Cc1cccc(OCC(=O)Nc2ccc(N3CCN(C(=O)C(C)C)CC3)c(Cl)c2)c1. The van der Waals surface area contributed by atoms with Crippen LogP contribution in [0.5, 0.6) is 5.75 Å². The van der Waals surface area contributed by atoms with Crippen LogP contribution in [0.2, 0.25) is 5.02 Å². The number of hydrogen-bond acceptors (Lipinski definition) is 4. The third kappa shape index (κ3) is 5.66. The van der Waals surface area contributed by atoms with Crippen LogP contribution >= 0.6 is 11.6 Å².